The fraction of sp³-hybridized carbons (Fsp3) is 0.609. The van der Waals surface area contributed by atoms with Crippen LogP contribution in [-0.4, -0.2) is 66.3 Å². The molecular weight excluding hydrogens is 398 g/mol. The molecule has 1 atom stereocenters. The Balaban J connectivity index is 1.78. The molecule has 3 rings (SSSR count). The van der Waals surface area contributed by atoms with Gasteiger partial charge in [-0.15, -0.1) is 0 Å². The minimum Gasteiger partial charge on any atom is -0.468 e. The van der Waals surface area contributed by atoms with Gasteiger partial charge in [0.15, 0.2) is 0 Å². The van der Waals surface area contributed by atoms with E-state index in [1.54, 1.807) is 9.91 Å². The Bertz CT molecular complexity index is 797. The van der Waals surface area contributed by atoms with Gasteiger partial charge in [-0.05, 0) is 52.0 Å². The van der Waals surface area contributed by atoms with E-state index < -0.39 is 17.1 Å². The fourth-order valence-corrected chi connectivity index (χ4v) is 4.32. The highest BCUT2D eigenvalue weighted by atomic mass is 16.6. The molecule has 0 bridgehead atoms. The van der Waals surface area contributed by atoms with Crippen molar-refractivity contribution in [2.24, 2.45) is 0 Å². The maximum Gasteiger partial charge on any atom is 0.410 e. The number of esters is 1. The number of ether oxygens (including phenoxy) is 2. The van der Waals surface area contributed by atoms with Crippen LogP contribution in [0.25, 0.3) is 0 Å². The number of hydrogen-bond donors (Lipinski definition) is 1. The van der Waals surface area contributed by atoms with Crippen LogP contribution in [0.5, 0.6) is 0 Å². The number of likely N-dealkylation sites (tertiary alicyclic amines) is 1. The summed E-state index contributed by atoms with van der Waals surface area (Å²) < 4.78 is 10.4. The number of nitrogens with one attached hydrogen (secondary N) is 1. The molecule has 170 valence electrons. The average Bonchev–Trinajstić information content (AvgIpc) is 3.20. The minimum absolute atomic E-state index is 0.154. The summed E-state index contributed by atoms with van der Waals surface area (Å²) in [5.74, 6) is -0.496. The van der Waals surface area contributed by atoms with E-state index in [9.17, 15) is 14.4 Å². The van der Waals surface area contributed by atoms with Gasteiger partial charge in [-0.1, -0.05) is 30.3 Å². The van der Waals surface area contributed by atoms with Crippen molar-refractivity contribution in [3.05, 3.63) is 35.9 Å². The number of rotatable bonds is 4. The predicted molar refractivity (Wildman–Crippen MR) is 115 cm³/mol. The van der Waals surface area contributed by atoms with E-state index in [4.69, 9.17) is 9.47 Å². The zero-order valence-corrected chi connectivity index (χ0v) is 18.8. The quantitative estimate of drug-likeness (QED) is 0.738. The Morgan fingerprint density at radius 2 is 1.71 bits per heavy atom. The molecule has 0 aliphatic carbocycles. The number of carbonyl (C=O) groups excluding carboxylic acids is 3. The molecule has 8 nitrogen and oxygen atoms in total. The first-order valence-corrected chi connectivity index (χ1v) is 10.9. The fourth-order valence-electron chi connectivity index (χ4n) is 4.32. The molecule has 2 heterocycles. The van der Waals surface area contributed by atoms with E-state index in [-0.39, 0.29) is 18.0 Å². The van der Waals surface area contributed by atoms with Crippen molar-refractivity contribution in [3.63, 3.8) is 0 Å². The first kappa shape index (κ1) is 23.1. The van der Waals surface area contributed by atoms with Crippen LogP contribution in [-0.2, 0) is 24.5 Å². The summed E-state index contributed by atoms with van der Waals surface area (Å²) in [6.07, 6.45) is 2.04. The predicted octanol–water partition coefficient (Wildman–Crippen LogP) is 2.62. The number of nitrogens with zero attached hydrogens (tertiary/aromatic N) is 2. The van der Waals surface area contributed by atoms with Crippen molar-refractivity contribution in [2.45, 2.75) is 63.5 Å². The van der Waals surface area contributed by atoms with E-state index in [1.165, 1.54) is 7.11 Å². The van der Waals surface area contributed by atoms with Crippen LogP contribution in [0.15, 0.2) is 30.3 Å². The third-order valence-corrected chi connectivity index (χ3v) is 6.00. The van der Waals surface area contributed by atoms with Crippen LogP contribution in [0, 0.1) is 0 Å². The zero-order valence-electron chi connectivity index (χ0n) is 18.8. The molecule has 2 aliphatic rings. The zero-order chi connectivity index (χ0) is 22.6. The lowest BCUT2D eigenvalue weighted by Crippen LogP contribution is -2.58. The molecule has 0 spiro atoms. The van der Waals surface area contributed by atoms with Crippen LogP contribution < -0.4 is 5.43 Å². The summed E-state index contributed by atoms with van der Waals surface area (Å²) in [5, 5.41) is 1.69. The Hall–Kier alpha value is -2.61. The molecule has 2 fully saturated rings. The maximum atomic E-state index is 13.6. The summed E-state index contributed by atoms with van der Waals surface area (Å²) >= 11 is 0. The van der Waals surface area contributed by atoms with Crippen molar-refractivity contribution in [1.29, 1.82) is 0 Å². The van der Waals surface area contributed by atoms with Crippen LogP contribution >= 0.6 is 0 Å². The molecular formula is C23H33N3O5. The van der Waals surface area contributed by atoms with Gasteiger partial charge in [-0.3, -0.25) is 15.0 Å². The van der Waals surface area contributed by atoms with Crippen molar-refractivity contribution in [3.8, 4) is 0 Å². The number of benzene rings is 1. The minimum atomic E-state index is -0.789. The monoisotopic (exact) mass is 431 g/mol. The molecule has 1 aromatic rings. The van der Waals surface area contributed by atoms with Gasteiger partial charge in [0.2, 0.25) is 5.91 Å². The summed E-state index contributed by atoms with van der Waals surface area (Å²) in [6.45, 7) is 6.94. The van der Waals surface area contributed by atoms with Crippen molar-refractivity contribution < 1.29 is 23.9 Å². The van der Waals surface area contributed by atoms with Gasteiger partial charge in [0.1, 0.15) is 11.6 Å². The maximum absolute atomic E-state index is 13.6. The second kappa shape index (κ2) is 9.26. The largest absolute Gasteiger partial charge is 0.468 e. The Morgan fingerprint density at radius 1 is 1.06 bits per heavy atom. The Labute approximate surface area is 183 Å². The van der Waals surface area contributed by atoms with Crippen molar-refractivity contribution in [2.75, 3.05) is 26.7 Å². The molecule has 0 unspecified atom stereocenters. The molecule has 1 aromatic carbocycles. The molecule has 0 aromatic heterocycles. The number of piperidine rings is 1. The molecule has 2 aliphatic heterocycles. The Morgan fingerprint density at radius 3 is 2.29 bits per heavy atom. The molecule has 8 heteroatoms. The smallest absolute Gasteiger partial charge is 0.410 e. The second-order valence-corrected chi connectivity index (χ2v) is 9.23. The summed E-state index contributed by atoms with van der Waals surface area (Å²) in [4.78, 5) is 39.9. The summed E-state index contributed by atoms with van der Waals surface area (Å²) in [7, 11) is 1.36. The van der Waals surface area contributed by atoms with Gasteiger partial charge < -0.3 is 14.4 Å². The van der Waals surface area contributed by atoms with Gasteiger partial charge in [-0.25, -0.2) is 9.80 Å². The molecule has 2 amide bonds. The van der Waals surface area contributed by atoms with Crippen LogP contribution in [0.3, 0.4) is 0 Å². The highest BCUT2D eigenvalue weighted by Gasteiger charge is 2.46. The van der Waals surface area contributed by atoms with E-state index in [0.717, 1.165) is 12.0 Å². The topological polar surface area (TPSA) is 88.2 Å². The van der Waals surface area contributed by atoms with Gasteiger partial charge in [-0.2, -0.15) is 0 Å². The first-order chi connectivity index (χ1) is 14.7. The van der Waals surface area contributed by atoms with Gasteiger partial charge in [0, 0.05) is 19.6 Å². The average molecular weight is 432 g/mol. The van der Waals surface area contributed by atoms with E-state index >= 15 is 0 Å². The normalized spacial score (nSPS) is 21.4. The number of carbonyl (C=O) groups is 3. The standard InChI is InChI=1S/C23H33N3O5/c1-22(2,3)31-21(29)25-15-12-23(13-16-25,17-9-6-5-7-10-17)20(28)24-26-14-8-11-18(26)19(27)30-4/h5-7,9-10,18H,8,11-16H2,1-4H3,(H,24,28)/t18-/m0/s1. The highest BCUT2D eigenvalue weighted by Crippen LogP contribution is 2.37. The Kier molecular flexibility index (Phi) is 6.89. The molecule has 0 radical (unpaired) electrons. The second-order valence-electron chi connectivity index (χ2n) is 9.23. The number of methoxy groups -OCH3 is 1. The van der Waals surface area contributed by atoms with Gasteiger partial charge >= 0.3 is 12.1 Å². The third kappa shape index (κ3) is 5.18. The SMILES string of the molecule is COC(=O)[C@@H]1CCCN1NC(=O)C1(c2ccccc2)CCN(C(=O)OC(C)(C)C)CC1. The highest BCUT2D eigenvalue weighted by molar-refractivity contribution is 5.89. The van der Waals surface area contributed by atoms with Gasteiger partial charge in [0.25, 0.3) is 0 Å². The first-order valence-electron chi connectivity index (χ1n) is 10.9. The molecule has 2 saturated heterocycles. The molecule has 1 N–H and O–H groups in total. The van der Waals surface area contributed by atoms with Crippen LogP contribution in [0.1, 0.15) is 52.0 Å². The lowest BCUT2D eigenvalue weighted by molar-refractivity contribution is -0.149. The third-order valence-electron chi connectivity index (χ3n) is 6.00. The molecule has 0 saturated carbocycles. The van der Waals surface area contributed by atoms with E-state index in [1.807, 2.05) is 51.1 Å². The van der Waals surface area contributed by atoms with Gasteiger partial charge in [0.05, 0.1) is 12.5 Å². The van der Waals surface area contributed by atoms with E-state index in [2.05, 4.69) is 5.43 Å². The van der Waals surface area contributed by atoms with Crippen molar-refractivity contribution >= 4 is 18.0 Å². The summed E-state index contributed by atoms with van der Waals surface area (Å²) in [6, 6.07) is 9.17. The number of amides is 2. The van der Waals surface area contributed by atoms with Crippen molar-refractivity contribution in [1.82, 2.24) is 15.3 Å². The van der Waals surface area contributed by atoms with Crippen LogP contribution in [0.4, 0.5) is 4.79 Å². The van der Waals surface area contributed by atoms with Crippen LogP contribution in [0.2, 0.25) is 0 Å². The van der Waals surface area contributed by atoms with E-state index in [0.29, 0.717) is 38.9 Å². The molecule has 31 heavy (non-hydrogen) atoms. The lowest BCUT2D eigenvalue weighted by atomic mass is 9.72. The number of hydrazine groups is 1. The lowest BCUT2D eigenvalue weighted by Gasteiger charge is -2.42. The summed E-state index contributed by atoms with van der Waals surface area (Å²) in [5.41, 5.74) is 2.54. The number of hydrogen-bond acceptors (Lipinski definition) is 6.